The predicted molar refractivity (Wildman–Crippen MR) is 78.2 cm³/mol. The number of nitrogens with one attached hydrogen (secondary N) is 1. The van der Waals surface area contributed by atoms with Crippen LogP contribution in [0, 0.1) is 0 Å². The van der Waals surface area contributed by atoms with E-state index in [1.165, 1.54) is 5.57 Å². The van der Waals surface area contributed by atoms with E-state index in [-0.39, 0.29) is 0 Å². The van der Waals surface area contributed by atoms with Gasteiger partial charge in [-0.2, -0.15) is 0 Å². The molecule has 1 aromatic carbocycles. The molecule has 2 aromatic rings. The van der Waals surface area contributed by atoms with Crippen LogP contribution in [0.4, 0.5) is 0 Å². The molecular formula is C15H16ClN3. The van der Waals surface area contributed by atoms with Crippen molar-refractivity contribution in [3.63, 3.8) is 0 Å². The normalized spacial score (nSPS) is 15.3. The lowest BCUT2D eigenvalue weighted by Gasteiger charge is -2.16. The van der Waals surface area contributed by atoms with Gasteiger partial charge in [0.05, 0.1) is 18.2 Å². The van der Waals surface area contributed by atoms with Crippen molar-refractivity contribution in [3.05, 3.63) is 53.5 Å². The van der Waals surface area contributed by atoms with Gasteiger partial charge in [-0.25, -0.2) is 4.98 Å². The molecule has 3 nitrogen and oxygen atoms in total. The lowest BCUT2D eigenvalue weighted by molar-refractivity contribution is 0.652. The number of imidazole rings is 1. The van der Waals surface area contributed by atoms with Crippen LogP contribution in [0.2, 0.25) is 5.02 Å². The van der Waals surface area contributed by atoms with Crippen molar-refractivity contribution in [2.24, 2.45) is 0 Å². The maximum atomic E-state index is 6.06. The lowest BCUT2D eigenvalue weighted by Crippen LogP contribution is -2.22. The zero-order valence-corrected chi connectivity index (χ0v) is 11.4. The zero-order chi connectivity index (χ0) is 13.1. The Labute approximate surface area is 117 Å². The Morgan fingerprint density at radius 3 is 3.11 bits per heavy atom. The highest BCUT2D eigenvalue weighted by Crippen LogP contribution is 2.23. The maximum absolute atomic E-state index is 6.06. The van der Waals surface area contributed by atoms with Crippen LogP contribution in [0.5, 0.6) is 0 Å². The maximum Gasteiger partial charge on any atom is 0.0954 e. The Hall–Kier alpha value is -1.58. The van der Waals surface area contributed by atoms with Crippen LogP contribution in [0.15, 0.2) is 48.4 Å². The monoisotopic (exact) mass is 273 g/mol. The molecule has 2 heterocycles. The molecule has 4 heteroatoms. The SMILES string of the molecule is Clc1cccc(-c2cncn2CC2=CCNCC2)c1. The van der Waals surface area contributed by atoms with E-state index in [1.807, 2.05) is 30.7 Å². The number of benzene rings is 1. The van der Waals surface area contributed by atoms with Crippen LogP contribution in [-0.4, -0.2) is 22.6 Å². The van der Waals surface area contributed by atoms with Crippen LogP contribution in [0.3, 0.4) is 0 Å². The minimum Gasteiger partial charge on any atom is -0.326 e. The molecule has 1 aromatic heterocycles. The third kappa shape index (κ3) is 2.88. The van der Waals surface area contributed by atoms with E-state index >= 15 is 0 Å². The summed E-state index contributed by atoms with van der Waals surface area (Å²) in [5, 5.41) is 4.09. The number of nitrogens with zero attached hydrogens (tertiary/aromatic N) is 2. The number of rotatable bonds is 3. The number of aromatic nitrogens is 2. The topological polar surface area (TPSA) is 29.9 Å². The first-order valence-corrected chi connectivity index (χ1v) is 6.85. The van der Waals surface area contributed by atoms with E-state index in [0.29, 0.717) is 0 Å². The molecule has 0 fully saturated rings. The standard InChI is InChI=1S/C15H16ClN3/c16-14-3-1-2-13(8-14)15-9-18-11-19(15)10-12-4-6-17-7-5-12/h1-4,8-9,11,17H,5-7,10H2. The molecule has 98 valence electrons. The Balaban J connectivity index is 1.88. The van der Waals surface area contributed by atoms with Crippen molar-refractivity contribution in [3.8, 4) is 11.3 Å². The highest BCUT2D eigenvalue weighted by molar-refractivity contribution is 6.30. The molecule has 1 N–H and O–H groups in total. The molecule has 0 saturated carbocycles. The minimum absolute atomic E-state index is 0.756. The van der Waals surface area contributed by atoms with Crippen molar-refractivity contribution < 1.29 is 0 Å². The molecule has 0 bridgehead atoms. The summed E-state index contributed by atoms with van der Waals surface area (Å²) in [7, 11) is 0. The van der Waals surface area contributed by atoms with Crippen molar-refractivity contribution in [1.29, 1.82) is 0 Å². The number of hydrogen-bond donors (Lipinski definition) is 1. The third-order valence-corrected chi connectivity index (χ3v) is 3.60. The average molecular weight is 274 g/mol. The largest absolute Gasteiger partial charge is 0.326 e. The number of halogens is 1. The summed E-state index contributed by atoms with van der Waals surface area (Å²) in [6, 6.07) is 7.90. The van der Waals surface area contributed by atoms with Gasteiger partial charge in [0.15, 0.2) is 0 Å². The molecule has 0 unspecified atom stereocenters. The van der Waals surface area contributed by atoms with Crippen LogP contribution in [-0.2, 0) is 6.54 Å². The summed E-state index contributed by atoms with van der Waals surface area (Å²) >= 11 is 6.06. The van der Waals surface area contributed by atoms with Gasteiger partial charge in [-0.3, -0.25) is 0 Å². The summed E-state index contributed by atoms with van der Waals surface area (Å²) in [6.07, 6.45) is 7.16. The van der Waals surface area contributed by atoms with Gasteiger partial charge in [0.25, 0.3) is 0 Å². The average Bonchev–Trinajstić information content (AvgIpc) is 2.88. The van der Waals surface area contributed by atoms with Gasteiger partial charge in [-0.05, 0) is 25.1 Å². The second-order valence-electron chi connectivity index (χ2n) is 4.73. The van der Waals surface area contributed by atoms with Crippen molar-refractivity contribution in [2.75, 3.05) is 13.1 Å². The fourth-order valence-corrected chi connectivity index (χ4v) is 2.56. The van der Waals surface area contributed by atoms with Gasteiger partial charge in [0.2, 0.25) is 0 Å². The van der Waals surface area contributed by atoms with Gasteiger partial charge in [0.1, 0.15) is 0 Å². The molecule has 0 radical (unpaired) electrons. The quantitative estimate of drug-likeness (QED) is 0.871. The Morgan fingerprint density at radius 2 is 2.32 bits per heavy atom. The summed E-state index contributed by atoms with van der Waals surface area (Å²) in [6.45, 7) is 2.94. The highest BCUT2D eigenvalue weighted by Gasteiger charge is 2.09. The number of hydrogen-bond acceptors (Lipinski definition) is 2. The van der Waals surface area contributed by atoms with Crippen LogP contribution in [0.1, 0.15) is 6.42 Å². The van der Waals surface area contributed by atoms with Crippen molar-refractivity contribution >= 4 is 11.6 Å². The Kier molecular flexibility index (Phi) is 3.67. The molecule has 1 aliphatic rings. The van der Waals surface area contributed by atoms with E-state index in [4.69, 9.17) is 11.6 Å². The molecule has 19 heavy (non-hydrogen) atoms. The van der Waals surface area contributed by atoms with E-state index in [2.05, 4.69) is 27.0 Å². The second kappa shape index (κ2) is 5.59. The smallest absolute Gasteiger partial charge is 0.0954 e. The van der Waals surface area contributed by atoms with Gasteiger partial charge >= 0.3 is 0 Å². The molecule has 3 rings (SSSR count). The highest BCUT2D eigenvalue weighted by atomic mass is 35.5. The molecule has 0 spiro atoms. The lowest BCUT2D eigenvalue weighted by atomic mass is 10.1. The van der Waals surface area contributed by atoms with Crippen molar-refractivity contribution in [1.82, 2.24) is 14.9 Å². The first kappa shape index (κ1) is 12.5. The first-order chi connectivity index (χ1) is 9.33. The van der Waals surface area contributed by atoms with Crippen LogP contribution < -0.4 is 5.32 Å². The van der Waals surface area contributed by atoms with E-state index < -0.39 is 0 Å². The molecule has 0 saturated heterocycles. The summed E-state index contributed by atoms with van der Waals surface area (Å²) < 4.78 is 2.18. The van der Waals surface area contributed by atoms with Crippen LogP contribution >= 0.6 is 11.6 Å². The van der Waals surface area contributed by atoms with Crippen molar-refractivity contribution in [2.45, 2.75) is 13.0 Å². The van der Waals surface area contributed by atoms with E-state index in [0.717, 1.165) is 42.3 Å². The van der Waals surface area contributed by atoms with Gasteiger partial charge in [-0.1, -0.05) is 35.4 Å². The predicted octanol–water partition coefficient (Wildman–Crippen LogP) is 3.12. The molecule has 0 aliphatic carbocycles. The second-order valence-corrected chi connectivity index (χ2v) is 5.17. The Bertz CT molecular complexity index is 601. The van der Waals surface area contributed by atoms with E-state index in [9.17, 15) is 0 Å². The molecule has 0 amide bonds. The zero-order valence-electron chi connectivity index (χ0n) is 10.6. The summed E-state index contributed by atoms with van der Waals surface area (Å²) in [5.41, 5.74) is 3.68. The van der Waals surface area contributed by atoms with Gasteiger partial charge in [0, 0.05) is 23.7 Å². The summed E-state index contributed by atoms with van der Waals surface area (Å²) in [5.74, 6) is 0. The Morgan fingerprint density at radius 1 is 1.37 bits per heavy atom. The molecule has 1 aliphatic heterocycles. The molecular weight excluding hydrogens is 258 g/mol. The van der Waals surface area contributed by atoms with Gasteiger partial charge < -0.3 is 9.88 Å². The van der Waals surface area contributed by atoms with Gasteiger partial charge in [-0.15, -0.1) is 0 Å². The fraction of sp³-hybridized carbons (Fsp3) is 0.267. The summed E-state index contributed by atoms with van der Waals surface area (Å²) in [4.78, 5) is 4.27. The molecule has 0 atom stereocenters. The fourth-order valence-electron chi connectivity index (χ4n) is 2.37. The third-order valence-electron chi connectivity index (χ3n) is 3.36. The first-order valence-electron chi connectivity index (χ1n) is 6.47. The van der Waals surface area contributed by atoms with E-state index in [1.54, 1.807) is 0 Å². The van der Waals surface area contributed by atoms with Crippen LogP contribution in [0.25, 0.3) is 11.3 Å². The minimum atomic E-state index is 0.756.